The molecule has 0 saturated carbocycles. The maximum atomic E-state index is 12.7. The predicted octanol–water partition coefficient (Wildman–Crippen LogP) is 3.66. The lowest BCUT2D eigenvalue weighted by Crippen LogP contribution is -2.33. The standard InChI is InChI=1S/C16H15ClN2OS/c17-13-8-6-12(7-9-13)16(20)19(11-10-15(18)21)14-4-2-1-3-5-14/h1-9H,10-11H2,(H2,18,21). The van der Waals surface area contributed by atoms with Crippen LogP contribution in [0.2, 0.25) is 5.02 Å². The van der Waals surface area contributed by atoms with Crippen LogP contribution in [0.15, 0.2) is 54.6 Å². The highest BCUT2D eigenvalue weighted by atomic mass is 35.5. The largest absolute Gasteiger partial charge is 0.393 e. The van der Waals surface area contributed by atoms with Gasteiger partial charge in [-0.2, -0.15) is 0 Å². The van der Waals surface area contributed by atoms with Gasteiger partial charge in [0, 0.05) is 29.2 Å². The van der Waals surface area contributed by atoms with Crippen molar-refractivity contribution >= 4 is 40.4 Å². The molecule has 108 valence electrons. The molecule has 0 saturated heterocycles. The summed E-state index contributed by atoms with van der Waals surface area (Å²) in [5, 5.41) is 0.598. The highest BCUT2D eigenvalue weighted by molar-refractivity contribution is 7.80. The molecule has 2 N–H and O–H groups in total. The number of carbonyl (C=O) groups excluding carboxylic acids is 1. The van der Waals surface area contributed by atoms with E-state index in [0.29, 0.717) is 28.5 Å². The molecule has 0 fully saturated rings. The maximum Gasteiger partial charge on any atom is 0.258 e. The van der Waals surface area contributed by atoms with Crippen molar-refractivity contribution in [1.82, 2.24) is 0 Å². The van der Waals surface area contributed by atoms with Crippen LogP contribution in [0.3, 0.4) is 0 Å². The molecule has 2 rings (SSSR count). The van der Waals surface area contributed by atoms with Gasteiger partial charge in [0.15, 0.2) is 0 Å². The summed E-state index contributed by atoms with van der Waals surface area (Å²) >= 11 is 10.8. The summed E-state index contributed by atoms with van der Waals surface area (Å²) in [6.07, 6.45) is 0.476. The Bertz CT molecular complexity index is 628. The average Bonchev–Trinajstić information content (AvgIpc) is 2.49. The molecule has 0 bridgehead atoms. The van der Waals surface area contributed by atoms with E-state index in [-0.39, 0.29) is 5.91 Å². The predicted molar refractivity (Wildman–Crippen MR) is 91.0 cm³/mol. The van der Waals surface area contributed by atoms with Gasteiger partial charge in [0.25, 0.3) is 5.91 Å². The molecule has 1 amide bonds. The highest BCUT2D eigenvalue weighted by Crippen LogP contribution is 2.18. The molecule has 0 spiro atoms. The fraction of sp³-hybridized carbons (Fsp3) is 0.125. The molecule has 3 nitrogen and oxygen atoms in total. The van der Waals surface area contributed by atoms with Crippen molar-refractivity contribution in [3.8, 4) is 0 Å². The Morgan fingerprint density at radius 1 is 1.10 bits per heavy atom. The summed E-state index contributed by atoms with van der Waals surface area (Å²) in [5.74, 6) is -0.103. The first-order valence-electron chi connectivity index (χ1n) is 6.48. The van der Waals surface area contributed by atoms with E-state index in [1.807, 2.05) is 30.3 Å². The Morgan fingerprint density at radius 3 is 2.29 bits per heavy atom. The van der Waals surface area contributed by atoms with Crippen molar-refractivity contribution in [1.29, 1.82) is 0 Å². The number of para-hydroxylation sites is 1. The van der Waals surface area contributed by atoms with Crippen LogP contribution in [0.25, 0.3) is 0 Å². The molecule has 0 radical (unpaired) electrons. The van der Waals surface area contributed by atoms with Crippen molar-refractivity contribution in [3.63, 3.8) is 0 Å². The maximum absolute atomic E-state index is 12.7. The minimum atomic E-state index is -0.103. The SMILES string of the molecule is NC(=S)CCN(C(=O)c1ccc(Cl)cc1)c1ccccc1. The number of hydrogen-bond donors (Lipinski definition) is 1. The Labute approximate surface area is 134 Å². The molecule has 0 aliphatic rings. The van der Waals surface area contributed by atoms with Gasteiger partial charge in [0.2, 0.25) is 0 Å². The molecular weight excluding hydrogens is 304 g/mol. The second kappa shape index (κ2) is 7.20. The number of nitrogens with two attached hydrogens (primary N) is 1. The summed E-state index contributed by atoms with van der Waals surface area (Å²) < 4.78 is 0. The fourth-order valence-electron chi connectivity index (χ4n) is 1.93. The van der Waals surface area contributed by atoms with Crippen molar-refractivity contribution < 1.29 is 4.79 Å². The topological polar surface area (TPSA) is 46.3 Å². The summed E-state index contributed by atoms with van der Waals surface area (Å²) in [5.41, 5.74) is 6.94. The number of carbonyl (C=O) groups is 1. The minimum absolute atomic E-state index is 0.103. The molecule has 5 heteroatoms. The van der Waals surface area contributed by atoms with E-state index in [9.17, 15) is 4.79 Å². The van der Waals surface area contributed by atoms with E-state index >= 15 is 0 Å². The molecule has 0 aliphatic heterocycles. The van der Waals surface area contributed by atoms with Crippen molar-refractivity contribution in [3.05, 3.63) is 65.2 Å². The number of thiocarbonyl (C=S) groups is 1. The second-order valence-electron chi connectivity index (χ2n) is 4.52. The lowest BCUT2D eigenvalue weighted by molar-refractivity contribution is 0.0987. The van der Waals surface area contributed by atoms with Crippen LogP contribution in [0.1, 0.15) is 16.8 Å². The van der Waals surface area contributed by atoms with E-state index < -0.39 is 0 Å². The molecule has 2 aromatic rings. The van der Waals surface area contributed by atoms with Gasteiger partial charge >= 0.3 is 0 Å². The molecule has 2 aromatic carbocycles. The molecule has 0 unspecified atom stereocenters. The summed E-state index contributed by atoms with van der Waals surface area (Å²) in [4.78, 5) is 14.7. The third kappa shape index (κ3) is 4.28. The van der Waals surface area contributed by atoms with Gasteiger partial charge in [-0.15, -0.1) is 0 Å². The van der Waals surface area contributed by atoms with Gasteiger partial charge in [-0.3, -0.25) is 4.79 Å². The zero-order valence-corrected chi connectivity index (χ0v) is 12.9. The first-order valence-corrected chi connectivity index (χ1v) is 7.27. The lowest BCUT2D eigenvalue weighted by atomic mass is 10.1. The molecule has 21 heavy (non-hydrogen) atoms. The van der Waals surface area contributed by atoms with Crippen LogP contribution >= 0.6 is 23.8 Å². The Hall–Kier alpha value is -1.91. The van der Waals surface area contributed by atoms with E-state index in [0.717, 1.165) is 5.69 Å². The van der Waals surface area contributed by atoms with Crippen LogP contribution < -0.4 is 10.6 Å². The number of amides is 1. The highest BCUT2D eigenvalue weighted by Gasteiger charge is 2.17. The fourth-order valence-corrected chi connectivity index (χ4v) is 2.14. The number of anilines is 1. The van der Waals surface area contributed by atoms with E-state index in [1.54, 1.807) is 29.2 Å². The Morgan fingerprint density at radius 2 is 1.71 bits per heavy atom. The first-order chi connectivity index (χ1) is 10.1. The normalized spacial score (nSPS) is 10.1. The van der Waals surface area contributed by atoms with E-state index in [1.165, 1.54) is 0 Å². The lowest BCUT2D eigenvalue weighted by Gasteiger charge is -2.22. The zero-order valence-electron chi connectivity index (χ0n) is 11.3. The number of nitrogens with zero attached hydrogens (tertiary/aromatic N) is 1. The third-order valence-electron chi connectivity index (χ3n) is 2.99. The Kier molecular flexibility index (Phi) is 5.31. The number of halogens is 1. The molecule has 0 aliphatic carbocycles. The van der Waals surface area contributed by atoms with E-state index in [2.05, 4.69) is 0 Å². The van der Waals surface area contributed by atoms with Gasteiger partial charge in [0.1, 0.15) is 0 Å². The molecular formula is C16H15ClN2OS. The Balaban J connectivity index is 2.28. The van der Waals surface area contributed by atoms with Crippen LogP contribution in [-0.2, 0) is 0 Å². The monoisotopic (exact) mass is 318 g/mol. The van der Waals surface area contributed by atoms with Gasteiger partial charge in [-0.1, -0.05) is 42.0 Å². The van der Waals surface area contributed by atoms with Crippen molar-refractivity contribution in [2.24, 2.45) is 5.73 Å². The molecule has 0 atom stereocenters. The zero-order chi connectivity index (χ0) is 15.2. The summed E-state index contributed by atoms with van der Waals surface area (Å²) in [6.45, 7) is 0.445. The number of rotatable bonds is 5. The van der Waals surface area contributed by atoms with Gasteiger partial charge in [-0.25, -0.2) is 0 Å². The summed E-state index contributed by atoms with van der Waals surface area (Å²) in [7, 11) is 0. The van der Waals surface area contributed by atoms with Crippen LogP contribution in [0.5, 0.6) is 0 Å². The van der Waals surface area contributed by atoms with Gasteiger partial charge < -0.3 is 10.6 Å². The second-order valence-corrected chi connectivity index (χ2v) is 5.48. The molecule has 0 heterocycles. The van der Waals surface area contributed by atoms with Crippen LogP contribution in [0, 0.1) is 0 Å². The molecule has 0 aromatic heterocycles. The first kappa shape index (κ1) is 15.5. The number of benzene rings is 2. The van der Waals surface area contributed by atoms with E-state index in [4.69, 9.17) is 29.6 Å². The van der Waals surface area contributed by atoms with Crippen LogP contribution in [0.4, 0.5) is 5.69 Å². The number of hydrogen-bond acceptors (Lipinski definition) is 2. The smallest absolute Gasteiger partial charge is 0.258 e. The van der Waals surface area contributed by atoms with Gasteiger partial charge in [-0.05, 0) is 36.4 Å². The van der Waals surface area contributed by atoms with Crippen LogP contribution in [-0.4, -0.2) is 17.4 Å². The van der Waals surface area contributed by atoms with Gasteiger partial charge in [0.05, 0.1) is 4.99 Å². The van der Waals surface area contributed by atoms with Crippen molar-refractivity contribution in [2.75, 3.05) is 11.4 Å². The van der Waals surface area contributed by atoms with Crippen molar-refractivity contribution in [2.45, 2.75) is 6.42 Å². The average molecular weight is 319 g/mol. The summed E-state index contributed by atoms with van der Waals surface area (Å²) in [6, 6.07) is 16.3. The minimum Gasteiger partial charge on any atom is -0.393 e. The quantitative estimate of drug-likeness (QED) is 0.856. The third-order valence-corrected chi connectivity index (χ3v) is 3.44.